The summed E-state index contributed by atoms with van der Waals surface area (Å²) < 4.78 is 68.8. The van der Waals surface area contributed by atoms with Crippen LogP contribution in [0.4, 0.5) is 13.2 Å². The Morgan fingerprint density at radius 3 is 2.39 bits per heavy atom. The zero-order valence-electron chi connectivity index (χ0n) is 23.9. The van der Waals surface area contributed by atoms with Crippen molar-refractivity contribution in [2.24, 2.45) is 17.8 Å². The molecule has 6 nitrogen and oxygen atoms in total. The van der Waals surface area contributed by atoms with E-state index in [2.05, 4.69) is 24.1 Å². The molecule has 2 heterocycles. The van der Waals surface area contributed by atoms with Crippen molar-refractivity contribution in [3.05, 3.63) is 63.6 Å². The Balaban J connectivity index is 1.45. The van der Waals surface area contributed by atoms with E-state index >= 15 is 0 Å². The molecule has 2 atom stereocenters. The number of hydrogen-bond donors (Lipinski definition) is 1. The van der Waals surface area contributed by atoms with Gasteiger partial charge in [0.15, 0.2) is 9.84 Å². The molecule has 2 aliphatic rings. The molecule has 1 amide bonds. The van der Waals surface area contributed by atoms with Crippen LogP contribution in [0.3, 0.4) is 0 Å². The van der Waals surface area contributed by atoms with Gasteiger partial charge in [-0.2, -0.15) is 13.2 Å². The smallest absolute Gasteiger partial charge is 0.391 e. The second kappa shape index (κ2) is 12.9. The third-order valence-electron chi connectivity index (χ3n) is 8.21. The van der Waals surface area contributed by atoms with Gasteiger partial charge in [0.1, 0.15) is 0 Å². The fourth-order valence-corrected chi connectivity index (χ4v) is 8.25. The van der Waals surface area contributed by atoms with E-state index in [1.807, 2.05) is 6.07 Å². The van der Waals surface area contributed by atoms with Gasteiger partial charge in [-0.25, -0.2) is 8.42 Å². The van der Waals surface area contributed by atoms with Gasteiger partial charge in [-0.05, 0) is 72.9 Å². The van der Waals surface area contributed by atoms with Crippen molar-refractivity contribution >= 4 is 27.1 Å². The number of ether oxygens (including phenoxy) is 1. The fourth-order valence-electron chi connectivity index (χ4n) is 5.98. The van der Waals surface area contributed by atoms with Crippen LogP contribution in [-0.4, -0.2) is 44.8 Å². The molecule has 4 rings (SSSR count). The van der Waals surface area contributed by atoms with Crippen LogP contribution in [0.15, 0.2) is 47.6 Å². The summed E-state index contributed by atoms with van der Waals surface area (Å²) in [5.41, 5.74) is 1.82. The lowest BCUT2D eigenvalue weighted by molar-refractivity contribution is -0.184. The first-order valence-corrected chi connectivity index (χ1v) is 16.6. The van der Waals surface area contributed by atoms with Gasteiger partial charge in [0.2, 0.25) is 0 Å². The summed E-state index contributed by atoms with van der Waals surface area (Å²) in [7, 11) is -1.82. The van der Waals surface area contributed by atoms with Crippen molar-refractivity contribution in [2.45, 2.75) is 76.2 Å². The lowest BCUT2D eigenvalue weighted by Gasteiger charge is -2.35. The molecule has 1 N–H and O–H groups in total. The largest absolute Gasteiger partial charge is 0.505 e. The summed E-state index contributed by atoms with van der Waals surface area (Å²) >= 11 is 1.47. The molecule has 0 radical (unpaired) electrons. The van der Waals surface area contributed by atoms with Crippen molar-refractivity contribution in [1.29, 1.82) is 0 Å². The van der Waals surface area contributed by atoms with Crippen molar-refractivity contribution in [3.8, 4) is 0 Å². The summed E-state index contributed by atoms with van der Waals surface area (Å²) in [5.74, 6) is -0.871. The minimum atomic E-state index is -4.10. The summed E-state index contributed by atoms with van der Waals surface area (Å²) in [5, 5.41) is 3.03. The number of nitrogens with one attached hydrogen (secondary N) is 1. The zero-order chi connectivity index (χ0) is 29.9. The first-order valence-electron chi connectivity index (χ1n) is 14.1. The summed E-state index contributed by atoms with van der Waals surface area (Å²) in [6.45, 7) is 7.32. The minimum Gasteiger partial charge on any atom is -0.505 e. The van der Waals surface area contributed by atoms with E-state index in [1.54, 1.807) is 37.3 Å². The average Bonchev–Trinajstić information content (AvgIpc) is 3.48. The van der Waals surface area contributed by atoms with Crippen molar-refractivity contribution in [2.75, 3.05) is 19.4 Å². The number of methoxy groups -OCH3 is 1. The lowest BCUT2D eigenvalue weighted by atomic mass is 9.81. The number of benzene rings is 1. The Kier molecular flexibility index (Phi) is 9.91. The summed E-state index contributed by atoms with van der Waals surface area (Å²) in [6.07, 6.45) is 0.674. The monoisotopic (exact) mass is 612 g/mol. The summed E-state index contributed by atoms with van der Waals surface area (Å²) in [6, 6.07) is 8.00. The highest BCUT2D eigenvalue weighted by atomic mass is 32.2. The molecular formula is C30H39F3N2O4S2. The molecule has 1 aromatic heterocycles. The van der Waals surface area contributed by atoms with E-state index in [0.717, 1.165) is 22.5 Å². The Hall–Kier alpha value is -2.37. The van der Waals surface area contributed by atoms with E-state index < -0.39 is 28.0 Å². The third-order valence-corrected chi connectivity index (χ3v) is 11.2. The van der Waals surface area contributed by atoms with E-state index in [-0.39, 0.29) is 47.3 Å². The number of alkyl halides is 3. The second-order valence-corrected chi connectivity index (χ2v) is 14.7. The molecule has 1 aliphatic carbocycles. The predicted molar refractivity (Wildman–Crippen MR) is 154 cm³/mol. The van der Waals surface area contributed by atoms with Crippen molar-refractivity contribution < 1.29 is 31.1 Å². The van der Waals surface area contributed by atoms with Crippen LogP contribution < -0.4 is 5.32 Å². The second-order valence-electron chi connectivity index (χ2n) is 11.4. The molecule has 1 unspecified atom stereocenters. The molecule has 226 valence electrons. The normalized spacial score (nSPS) is 22.7. The van der Waals surface area contributed by atoms with Crippen LogP contribution in [0.2, 0.25) is 0 Å². The van der Waals surface area contributed by atoms with Gasteiger partial charge in [-0.3, -0.25) is 9.69 Å². The molecule has 2 aromatic rings. The molecule has 1 fully saturated rings. The van der Waals surface area contributed by atoms with Crippen LogP contribution >= 0.6 is 11.3 Å². The standard InChI is InChI=1S/C30H39F3N2O4S2/c1-5-41(37,38)24-12-8-21(9-13-24)25(14-15-39-4)34-29(36)26-16-22-18-35(27(19(2)3)28(22)40-26)17-20-6-10-23(11-7-20)30(31,32)33/h8-9,12-16,19-20,23,25,27H,5-7,10-11,17-18H2,1-4H3,(H,34,36)/b15-14+/t20?,23?,25-,27?/m0/s1. The highest BCUT2D eigenvalue weighted by Gasteiger charge is 2.43. The Bertz CT molecular complexity index is 1330. The van der Waals surface area contributed by atoms with Crippen LogP contribution in [-0.2, 0) is 21.1 Å². The molecule has 1 aliphatic heterocycles. The molecule has 0 bridgehead atoms. The SMILES string of the molecule is CCS(=O)(=O)c1ccc([C@H](/C=C/OC)NC(=O)c2cc3c(s2)C(C(C)C)N(CC2CCC(C(F)(F)F)CC2)C3)cc1. The van der Waals surface area contributed by atoms with Gasteiger partial charge < -0.3 is 10.1 Å². The lowest BCUT2D eigenvalue weighted by Crippen LogP contribution is -2.35. The number of rotatable bonds is 10. The van der Waals surface area contributed by atoms with Gasteiger partial charge in [0, 0.05) is 24.0 Å². The van der Waals surface area contributed by atoms with Crippen molar-refractivity contribution in [1.82, 2.24) is 10.2 Å². The Labute approximate surface area is 244 Å². The quantitative estimate of drug-likeness (QED) is 0.291. The number of sulfone groups is 1. The third kappa shape index (κ3) is 7.35. The number of carbonyl (C=O) groups excluding carboxylic acids is 1. The van der Waals surface area contributed by atoms with E-state index in [0.29, 0.717) is 24.3 Å². The van der Waals surface area contributed by atoms with E-state index in [9.17, 15) is 26.4 Å². The average molecular weight is 613 g/mol. The Morgan fingerprint density at radius 1 is 1.17 bits per heavy atom. The molecule has 11 heteroatoms. The molecule has 0 saturated heterocycles. The van der Waals surface area contributed by atoms with Crippen LogP contribution in [0, 0.1) is 17.8 Å². The molecule has 0 spiro atoms. The summed E-state index contributed by atoms with van der Waals surface area (Å²) in [4.78, 5) is 17.7. The maximum atomic E-state index is 13.4. The predicted octanol–water partition coefficient (Wildman–Crippen LogP) is 7.05. The molecule has 1 aromatic carbocycles. The number of amides is 1. The van der Waals surface area contributed by atoms with Crippen LogP contribution in [0.5, 0.6) is 0 Å². The van der Waals surface area contributed by atoms with E-state index in [1.165, 1.54) is 24.7 Å². The zero-order valence-corrected chi connectivity index (χ0v) is 25.5. The topological polar surface area (TPSA) is 75.7 Å². The van der Waals surface area contributed by atoms with E-state index in [4.69, 9.17) is 4.74 Å². The molecular weight excluding hydrogens is 573 g/mol. The number of hydrogen-bond acceptors (Lipinski definition) is 6. The Morgan fingerprint density at radius 2 is 1.83 bits per heavy atom. The van der Waals surface area contributed by atoms with Gasteiger partial charge in [0.05, 0.1) is 40.9 Å². The number of halogens is 3. The number of thiophene rings is 1. The first kappa shape index (κ1) is 31.6. The number of nitrogens with zero attached hydrogens (tertiary/aromatic N) is 1. The maximum absolute atomic E-state index is 13.4. The minimum absolute atomic E-state index is 0.00706. The fraction of sp³-hybridized carbons (Fsp3) is 0.567. The van der Waals surface area contributed by atoms with Gasteiger partial charge in [-0.15, -0.1) is 11.3 Å². The molecule has 1 saturated carbocycles. The number of fused-ring (bicyclic) bond motifs is 1. The molecule has 41 heavy (non-hydrogen) atoms. The highest BCUT2D eigenvalue weighted by molar-refractivity contribution is 7.91. The first-order chi connectivity index (χ1) is 19.3. The van der Waals surface area contributed by atoms with Gasteiger partial charge >= 0.3 is 6.18 Å². The highest BCUT2D eigenvalue weighted by Crippen LogP contribution is 2.46. The van der Waals surface area contributed by atoms with Gasteiger partial charge in [-0.1, -0.05) is 32.9 Å². The van der Waals surface area contributed by atoms with Crippen LogP contribution in [0.25, 0.3) is 0 Å². The number of carbonyl (C=O) groups is 1. The maximum Gasteiger partial charge on any atom is 0.391 e. The van der Waals surface area contributed by atoms with Gasteiger partial charge in [0.25, 0.3) is 5.91 Å². The van der Waals surface area contributed by atoms with Crippen molar-refractivity contribution in [3.63, 3.8) is 0 Å². The van der Waals surface area contributed by atoms with Crippen LogP contribution in [0.1, 0.15) is 84.2 Å².